The summed E-state index contributed by atoms with van der Waals surface area (Å²) in [6, 6.07) is 12.8. The van der Waals surface area contributed by atoms with E-state index in [1.807, 2.05) is 0 Å². The Labute approximate surface area is 167 Å². The number of aryl methyl sites for hydroxylation is 1. The number of aromatic nitrogens is 3. The Morgan fingerprint density at radius 3 is 2.34 bits per heavy atom. The van der Waals surface area contributed by atoms with Crippen LogP contribution < -0.4 is 4.72 Å². The summed E-state index contributed by atoms with van der Waals surface area (Å²) in [5, 5.41) is 9.54. The molecule has 146 valence electrons. The Morgan fingerprint density at radius 1 is 1.00 bits per heavy atom. The second-order valence-corrected chi connectivity index (χ2v) is 7.91. The van der Waals surface area contributed by atoms with Crippen LogP contribution in [0.25, 0.3) is 22.6 Å². The molecule has 0 unspecified atom stereocenters. The molecule has 0 fully saturated rings. The van der Waals surface area contributed by atoms with Crippen LogP contribution in [0, 0.1) is 6.92 Å². The lowest BCUT2D eigenvalue weighted by Gasteiger charge is -2.08. The number of aromatic hydroxyl groups is 1. The van der Waals surface area contributed by atoms with E-state index in [-0.39, 0.29) is 16.3 Å². The lowest BCUT2D eigenvalue weighted by molar-refractivity contribution is 0.475. The number of oxazole rings is 1. The topological polar surface area (TPSA) is 118 Å². The highest BCUT2D eigenvalue weighted by molar-refractivity contribution is 7.92. The number of anilines is 1. The normalized spacial score (nSPS) is 11.3. The van der Waals surface area contributed by atoms with E-state index in [1.165, 1.54) is 36.9 Å². The second kappa shape index (κ2) is 7.36. The molecule has 0 aliphatic rings. The van der Waals surface area contributed by atoms with Crippen LogP contribution in [0.15, 0.2) is 76.5 Å². The number of phenolic OH excluding ortho intramolecular Hbond substituents is 1. The molecule has 0 amide bonds. The van der Waals surface area contributed by atoms with Gasteiger partial charge < -0.3 is 9.52 Å². The van der Waals surface area contributed by atoms with Crippen LogP contribution in [0.4, 0.5) is 5.69 Å². The first kappa shape index (κ1) is 18.6. The Morgan fingerprint density at radius 2 is 1.72 bits per heavy atom. The van der Waals surface area contributed by atoms with Crippen LogP contribution in [-0.2, 0) is 10.0 Å². The summed E-state index contributed by atoms with van der Waals surface area (Å²) in [5.74, 6) is 1.00. The summed E-state index contributed by atoms with van der Waals surface area (Å²) in [5.41, 5.74) is 2.23. The molecule has 4 rings (SSSR count). The molecule has 0 atom stereocenters. The van der Waals surface area contributed by atoms with Crippen molar-refractivity contribution in [3.63, 3.8) is 0 Å². The SMILES string of the molecule is Cc1nc(-c2ccc(S(=O)(=O)Nc3cnc(-c4cccc(O)c4)nc3)cc2)co1. The van der Waals surface area contributed by atoms with Crippen molar-refractivity contribution in [2.24, 2.45) is 0 Å². The largest absolute Gasteiger partial charge is 0.508 e. The van der Waals surface area contributed by atoms with E-state index in [4.69, 9.17) is 4.42 Å². The summed E-state index contributed by atoms with van der Waals surface area (Å²) in [6.45, 7) is 1.74. The number of hydrogen-bond acceptors (Lipinski definition) is 7. The third kappa shape index (κ3) is 4.09. The van der Waals surface area contributed by atoms with Gasteiger partial charge in [-0.2, -0.15) is 0 Å². The average Bonchev–Trinajstić information content (AvgIpc) is 3.15. The third-order valence-corrected chi connectivity index (χ3v) is 5.49. The van der Waals surface area contributed by atoms with Crippen LogP contribution in [0.3, 0.4) is 0 Å². The highest BCUT2D eigenvalue weighted by Crippen LogP contribution is 2.23. The van der Waals surface area contributed by atoms with Crippen molar-refractivity contribution in [3.05, 3.63) is 73.1 Å². The molecule has 0 saturated heterocycles. The van der Waals surface area contributed by atoms with Crippen LogP contribution >= 0.6 is 0 Å². The van der Waals surface area contributed by atoms with Gasteiger partial charge in [0.15, 0.2) is 11.7 Å². The van der Waals surface area contributed by atoms with Gasteiger partial charge >= 0.3 is 0 Å². The molecule has 0 spiro atoms. The molecule has 2 N–H and O–H groups in total. The lowest BCUT2D eigenvalue weighted by Crippen LogP contribution is -2.13. The van der Waals surface area contributed by atoms with Crippen LogP contribution in [0.1, 0.15) is 5.89 Å². The first-order valence-electron chi connectivity index (χ1n) is 8.57. The highest BCUT2D eigenvalue weighted by Gasteiger charge is 2.15. The first-order chi connectivity index (χ1) is 13.9. The lowest BCUT2D eigenvalue weighted by atomic mass is 10.2. The maximum absolute atomic E-state index is 12.6. The first-order valence-corrected chi connectivity index (χ1v) is 10.1. The van der Waals surface area contributed by atoms with Crippen LogP contribution in [0.5, 0.6) is 5.75 Å². The van der Waals surface area contributed by atoms with Crippen molar-refractivity contribution < 1.29 is 17.9 Å². The van der Waals surface area contributed by atoms with E-state index >= 15 is 0 Å². The van der Waals surface area contributed by atoms with Gasteiger partial charge in [0.05, 0.1) is 23.0 Å². The van der Waals surface area contributed by atoms with Gasteiger partial charge in [0.2, 0.25) is 0 Å². The molecule has 0 bridgehead atoms. The standard InChI is InChI=1S/C20H16N4O4S/c1-13-23-19(12-28-13)14-5-7-18(8-6-14)29(26,27)24-16-10-21-20(22-11-16)15-3-2-4-17(25)9-15/h2-12,24-25H,1H3. The van der Waals surface area contributed by atoms with E-state index in [9.17, 15) is 13.5 Å². The molecular formula is C20H16N4O4S. The van der Waals surface area contributed by atoms with Crippen molar-refractivity contribution in [1.82, 2.24) is 15.0 Å². The Balaban J connectivity index is 1.52. The van der Waals surface area contributed by atoms with E-state index < -0.39 is 10.0 Å². The fraction of sp³-hybridized carbons (Fsp3) is 0.0500. The summed E-state index contributed by atoms with van der Waals surface area (Å²) in [7, 11) is -3.81. The summed E-state index contributed by atoms with van der Waals surface area (Å²) < 4.78 is 32.9. The maximum Gasteiger partial charge on any atom is 0.261 e. The molecule has 0 radical (unpaired) electrons. The minimum Gasteiger partial charge on any atom is -0.508 e. The summed E-state index contributed by atoms with van der Waals surface area (Å²) in [4.78, 5) is 12.6. The minimum atomic E-state index is -3.81. The second-order valence-electron chi connectivity index (χ2n) is 6.23. The van der Waals surface area contributed by atoms with Gasteiger partial charge in [-0.25, -0.2) is 23.4 Å². The molecule has 2 aromatic heterocycles. The predicted molar refractivity (Wildman–Crippen MR) is 107 cm³/mol. The molecule has 8 nitrogen and oxygen atoms in total. The minimum absolute atomic E-state index is 0.0959. The fourth-order valence-electron chi connectivity index (χ4n) is 2.69. The number of sulfonamides is 1. The number of nitrogens with zero attached hydrogens (tertiary/aromatic N) is 3. The van der Waals surface area contributed by atoms with Crippen LogP contribution in [-0.4, -0.2) is 28.5 Å². The molecule has 9 heteroatoms. The van der Waals surface area contributed by atoms with Gasteiger partial charge in [0, 0.05) is 18.1 Å². The van der Waals surface area contributed by atoms with Crippen molar-refractivity contribution in [3.8, 4) is 28.4 Å². The monoisotopic (exact) mass is 408 g/mol. The van der Waals surface area contributed by atoms with Gasteiger partial charge in [-0.3, -0.25) is 4.72 Å². The summed E-state index contributed by atoms with van der Waals surface area (Å²) in [6.07, 6.45) is 4.26. The molecule has 0 aliphatic heterocycles. The van der Waals surface area contributed by atoms with Crippen molar-refractivity contribution >= 4 is 15.7 Å². The summed E-state index contributed by atoms with van der Waals surface area (Å²) >= 11 is 0. The number of phenols is 1. The van der Waals surface area contributed by atoms with Gasteiger partial charge in [-0.1, -0.05) is 24.3 Å². The van der Waals surface area contributed by atoms with Crippen LogP contribution in [0.2, 0.25) is 0 Å². The molecule has 2 heterocycles. The zero-order chi connectivity index (χ0) is 20.4. The number of nitrogens with one attached hydrogen (secondary N) is 1. The Hall–Kier alpha value is -3.72. The van der Waals surface area contributed by atoms with E-state index in [0.29, 0.717) is 23.0 Å². The van der Waals surface area contributed by atoms with E-state index in [1.54, 1.807) is 37.3 Å². The van der Waals surface area contributed by atoms with Crippen molar-refractivity contribution in [2.75, 3.05) is 4.72 Å². The van der Waals surface area contributed by atoms with E-state index in [2.05, 4.69) is 19.7 Å². The molecule has 0 aliphatic carbocycles. The zero-order valence-corrected chi connectivity index (χ0v) is 16.1. The van der Waals surface area contributed by atoms with Gasteiger partial charge in [-0.15, -0.1) is 0 Å². The zero-order valence-electron chi connectivity index (χ0n) is 15.3. The average molecular weight is 408 g/mol. The molecule has 0 saturated carbocycles. The quantitative estimate of drug-likeness (QED) is 0.518. The molecule has 2 aromatic carbocycles. The number of benzene rings is 2. The van der Waals surface area contributed by atoms with Gasteiger partial charge in [0.1, 0.15) is 17.7 Å². The molecule has 4 aromatic rings. The van der Waals surface area contributed by atoms with Crippen molar-refractivity contribution in [2.45, 2.75) is 11.8 Å². The van der Waals surface area contributed by atoms with Crippen molar-refractivity contribution in [1.29, 1.82) is 0 Å². The van der Waals surface area contributed by atoms with Gasteiger partial charge in [-0.05, 0) is 24.3 Å². The number of hydrogen-bond donors (Lipinski definition) is 2. The maximum atomic E-state index is 12.6. The fourth-order valence-corrected chi connectivity index (χ4v) is 3.72. The van der Waals surface area contributed by atoms with E-state index in [0.717, 1.165) is 5.56 Å². The Bertz CT molecular complexity index is 1250. The van der Waals surface area contributed by atoms with Gasteiger partial charge in [0.25, 0.3) is 10.0 Å². The predicted octanol–water partition coefficient (Wildman–Crippen LogP) is 3.61. The smallest absolute Gasteiger partial charge is 0.261 e. The molecule has 29 heavy (non-hydrogen) atoms. The third-order valence-electron chi connectivity index (χ3n) is 4.09. The number of rotatable bonds is 5. The Kier molecular flexibility index (Phi) is 4.73. The molecular weight excluding hydrogens is 392 g/mol. The highest BCUT2D eigenvalue weighted by atomic mass is 32.2.